The third-order valence-electron chi connectivity index (χ3n) is 2.33. The van der Waals surface area contributed by atoms with Crippen molar-refractivity contribution in [3.05, 3.63) is 34.3 Å². The summed E-state index contributed by atoms with van der Waals surface area (Å²) >= 11 is 6.03. The van der Waals surface area contributed by atoms with Gasteiger partial charge in [0.1, 0.15) is 0 Å². The van der Waals surface area contributed by atoms with Crippen LogP contribution in [0.15, 0.2) is 18.2 Å². The van der Waals surface area contributed by atoms with Gasteiger partial charge in [0.15, 0.2) is 0 Å². The van der Waals surface area contributed by atoms with Gasteiger partial charge in [-0.15, -0.1) is 0 Å². The number of nitrogens with two attached hydrogens (primary N) is 1. The first-order valence-corrected chi connectivity index (χ1v) is 5.15. The highest BCUT2D eigenvalue weighted by atomic mass is 35.5. The molecule has 0 amide bonds. The van der Waals surface area contributed by atoms with E-state index in [1.807, 2.05) is 19.1 Å². The van der Waals surface area contributed by atoms with Crippen LogP contribution >= 0.6 is 11.6 Å². The second-order valence-electron chi connectivity index (χ2n) is 3.55. The van der Waals surface area contributed by atoms with Gasteiger partial charge in [-0.25, -0.2) is 0 Å². The topological polar surface area (TPSA) is 29.3 Å². The van der Waals surface area contributed by atoms with Crippen LogP contribution in [-0.4, -0.2) is 25.0 Å². The van der Waals surface area contributed by atoms with Crippen molar-refractivity contribution in [1.82, 2.24) is 4.90 Å². The van der Waals surface area contributed by atoms with Crippen molar-refractivity contribution < 1.29 is 0 Å². The summed E-state index contributed by atoms with van der Waals surface area (Å²) in [6.07, 6.45) is 0. The summed E-state index contributed by atoms with van der Waals surface area (Å²) in [6, 6.07) is 6.01. The molecule has 0 aliphatic rings. The molecule has 0 saturated carbocycles. The number of benzene rings is 1. The molecule has 1 rings (SSSR count). The molecule has 1 aromatic rings. The maximum atomic E-state index is 6.03. The molecule has 0 aliphatic carbocycles. The van der Waals surface area contributed by atoms with Crippen molar-refractivity contribution in [3.63, 3.8) is 0 Å². The average molecular weight is 213 g/mol. The van der Waals surface area contributed by atoms with Crippen LogP contribution in [0.2, 0.25) is 5.02 Å². The number of rotatable bonds is 4. The predicted octanol–water partition coefficient (Wildman–Crippen LogP) is 2.04. The lowest BCUT2D eigenvalue weighted by Gasteiger charge is -2.17. The lowest BCUT2D eigenvalue weighted by Crippen LogP contribution is -2.25. The van der Waals surface area contributed by atoms with E-state index in [4.69, 9.17) is 17.3 Å². The summed E-state index contributed by atoms with van der Waals surface area (Å²) in [7, 11) is 2.06. The fourth-order valence-electron chi connectivity index (χ4n) is 1.41. The van der Waals surface area contributed by atoms with Crippen LogP contribution in [0.1, 0.15) is 11.1 Å². The number of halogens is 1. The molecule has 0 spiro atoms. The molecule has 0 radical (unpaired) electrons. The second kappa shape index (κ2) is 5.35. The van der Waals surface area contributed by atoms with E-state index in [9.17, 15) is 0 Å². The smallest absolute Gasteiger partial charge is 0.0438 e. The monoisotopic (exact) mass is 212 g/mol. The molecular weight excluding hydrogens is 196 g/mol. The minimum Gasteiger partial charge on any atom is -0.329 e. The van der Waals surface area contributed by atoms with E-state index in [-0.39, 0.29) is 0 Å². The Hall–Kier alpha value is -0.570. The van der Waals surface area contributed by atoms with E-state index >= 15 is 0 Å². The van der Waals surface area contributed by atoms with Gasteiger partial charge in [-0.3, -0.25) is 0 Å². The molecule has 0 saturated heterocycles. The SMILES string of the molecule is Cc1c(Cl)cccc1CN(C)CCN. The van der Waals surface area contributed by atoms with Gasteiger partial charge in [0.2, 0.25) is 0 Å². The van der Waals surface area contributed by atoms with E-state index in [2.05, 4.69) is 18.0 Å². The van der Waals surface area contributed by atoms with Crippen molar-refractivity contribution >= 4 is 11.6 Å². The summed E-state index contributed by atoms with van der Waals surface area (Å²) < 4.78 is 0. The fourth-order valence-corrected chi connectivity index (χ4v) is 1.61. The first-order valence-electron chi connectivity index (χ1n) is 4.77. The number of likely N-dealkylation sites (N-methyl/N-ethyl adjacent to an activating group) is 1. The molecule has 2 nitrogen and oxygen atoms in total. The zero-order valence-electron chi connectivity index (χ0n) is 8.76. The van der Waals surface area contributed by atoms with Gasteiger partial charge in [-0.1, -0.05) is 23.7 Å². The van der Waals surface area contributed by atoms with E-state index in [1.165, 1.54) is 5.56 Å². The van der Waals surface area contributed by atoms with Crippen LogP contribution in [0.4, 0.5) is 0 Å². The molecule has 78 valence electrons. The predicted molar refractivity (Wildman–Crippen MR) is 61.6 cm³/mol. The Kier molecular flexibility index (Phi) is 4.39. The highest BCUT2D eigenvalue weighted by molar-refractivity contribution is 6.31. The van der Waals surface area contributed by atoms with Crippen LogP contribution in [-0.2, 0) is 6.54 Å². The van der Waals surface area contributed by atoms with Gasteiger partial charge in [0.05, 0.1) is 0 Å². The van der Waals surface area contributed by atoms with Crippen LogP contribution in [0.3, 0.4) is 0 Å². The van der Waals surface area contributed by atoms with Gasteiger partial charge in [-0.2, -0.15) is 0 Å². The molecule has 2 N–H and O–H groups in total. The zero-order chi connectivity index (χ0) is 10.6. The fraction of sp³-hybridized carbons (Fsp3) is 0.455. The van der Waals surface area contributed by atoms with Gasteiger partial charge in [-0.05, 0) is 31.2 Å². The van der Waals surface area contributed by atoms with E-state index in [0.717, 1.165) is 23.7 Å². The van der Waals surface area contributed by atoms with Gasteiger partial charge < -0.3 is 10.6 Å². The minimum atomic E-state index is 0.691. The van der Waals surface area contributed by atoms with Crippen molar-refractivity contribution in [2.45, 2.75) is 13.5 Å². The van der Waals surface area contributed by atoms with Crippen molar-refractivity contribution in [3.8, 4) is 0 Å². The molecule has 0 fully saturated rings. The lowest BCUT2D eigenvalue weighted by atomic mass is 10.1. The molecule has 0 aliphatic heterocycles. The zero-order valence-corrected chi connectivity index (χ0v) is 9.51. The maximum Gasteiger partial charge on any atom is 0.0438 e. The number of hydrogen-bond acceptors (Lipinski definition) is 2. The highest BCUT2D eigenvalue weighted by Crippen LogP contribution is 2.19. The first-order chi connectivity index (χ1) is 6.65. The Morgan fingerprint density at radius 2 is 2.14 bits per heavy atom. The van der Waals surface area contributed by atoms with Crippen molar-refractivity contribution in [2.24, 2.45) is 5.73 Å². The van der Waals surface area contributed by atoms with E-state index < -0.39 is 0 Å². The number of hydrogen-bond donors (Lipinski definition) is 1. The standard InChI is InChI=1S/C11H17ClN2/c1-9-10(4-3-5-11(9)12)8-14(2)7-6-13/h3-5H,6-8,13H2,1-2H3. The molecule has 0 bridgehead atoms. The quantitative estimate of drug-likeness (QED) is 0.828. The average Bonchev–Trinajstić information content (AvgIpc) is 2.13. The van der Waals surface area contributed by atoms with Gasteiger partial charge in [0.25, 0.3) is 0 Å². The van der Waals surface area contributed by atoms with Crippen molar-refractivity contribution in [1.29, 1.82) is 0 Å². The lowest BCUT2D eigenvalue weighted by molar-refractivity contribution is 0.335. The Bertz CT molecular complexity index is 299. The van der Waals surface area contributed by atoms with Gasteiger partial charge >= 0.3 is 0 Å². The van der Waals surface area contributed by atoms with Gasteiger partial charge in [0, 0.05) is 24.7 Å². The summed E-state index contributed by atoms with van der Waals surface area (Å²) in [6.45, 7) is 4.56. The maximum absolute atomic E-state index is 6.03. The van der Waals surface area contributed by atoms with E-state index in [0.29, 0.717) is 6.54 Å². The third-order valence-corrected chi connectivity index (χ3v) is 2.74. The largest absolute Gasteiger partial charge is 0.329 e. The minimum absolute atomic E-state index is 0.691. The molecule has 14 heavy (non-hydrogen) atoms. The third kappa shape index (κ3) is 2.98. The summed E-state index contributed by atoms with van der Waals surface area (Å²) in [5.74, 6) is 0. The van der Waals surface area contributed by atoms with Crippen molar-refractivity contribution in [2.75, 3.05) is 20.1 Å². The van der Waals surface area contributed by atoms with Crippen LogP contribution in [0.5, 0.6) is 0 Å². The highest BCUT2D eigenvalue weighted by Gasteiger charge is 2.04. The molecule has 0 heterocycles. The molecule has 0 aromatic heterocycles. The Morgan fingerprint density at radius 1 is 1.43 bits per heavy atom. The molecule has 0 atom stereocenters. The number of nitrogens with zero attached hydrogens (tertiary/aromatic N) is 1. The summed E-state index contributed by atoms with van der Waals surface area (Å²) in [5.41, 5.74) is 7.92. The Morgan fingerprint density at radius 3 is 2.79 bits per heavy atom. The summed E-state index contributed by atoms with van der Waals surface area (Å²) in [5, 5.41) is 0.837. The second-order valence-corrected chi connectivity index (χ2v) is 3.96. The molecular formula is C11H17ClN2. The van der Waals surface area contributed by atoms with E-state index in [1.54, 1.807) is 0 Å². The molecule has 0 unspecified atom stereocenters. The Labute approximate surface area is 90.7 Å². The normalized spacial score (nSPS) is 10.9. The molecule has 1 aromatic carbocycles. The molecule has 3 heteroatoms. The Balaban J connectivity index is 2.71. The first kappa shape index (κ1) is 11.5. The van der Waals surface area contributed by atoms with Crippen LogP contribution in [0.25, 0.3) is 0 Å². The summed E-state index contributed by atoms with van der Waals surface area (Å²) in [4.78, 5) is 2.19. The van der Waals surface area contributed by atoms with Crippen LogP contribution in [0, 0.1) is 6.92 Å². The van der Waals surface area contributed by atoms with Crippen LogP contribution < -0.4 is 5.73 Å².